The van der Waals surface area contributed by atoms with E-state index in [0.29, 0.717) is 6.04 Å². The molecule has 0 saturated carbocycles. The van der Waals surface area contributed by atoms with Crippen LogP contribution in [0.1, 0.15) is 27.2 Å². The predicted molar refractivity (Wildman–Crippen MR) is 59.9 cm³/mol. The number of hydrogen-bond acceptors (Lipinski definition) is 2. The van der Waals surface area contributed by atoms with Gasteiger partial charge in [-0.05, 0) is 18.2 Å². The lowest BCUT2D eigenvalue weighted by atomic mass is 10.3. The van der Waals surface area contributed by atoms with E-state index in [-0.39, 0.29) is 0 Å². The monoisotopic (exact) mass is 187 g/mol. The Balaban J connectivity index is 3.46. The summed E-state index contributed by atoms with van der Waals surface area (Å²) in [4.78, 5) is 0. The summed E-state index contributed by atoms with van der Waals surface area (Å²) in [6.45, 7) is 11.5. The van der Waals surface area contributed by atoms with Gasteiger partial charge in [-0.25, -0.2) is 0 Å². The second-order valence-corrected chi connectivity index (χ2v) is 4.79. The molecule has 1 nitrogen and oxygen atoms in total. The Hall–Kier alpha value is 0.0500. The molecule has 1 atom stereocenters. The van der Waals surface area contributed by atoms with Crippen molar-refractivity contribution in [1.82, 2.24) is 5.32 Å². The molecule has 12 heavy (non-hydrogen) atoms. The highest BCUT2D eigenvalue weighted by Crippen LogP contribution is 2.10. The molecule has 0 radical (unpaired) electrons. The van der Waals surface area contributed by atoms with Crippen molar-refractivity contribution in [2.45, 2.75) is 38.5 Å². The number of nitrogens with one attached hydrogen (secondary N) is 1. The summed E-state index contributed by atoms with van der Waals surface area (Å²) in [6.07, 6.45) is 3.20. The van der Waals surface area contributed by atoms with Crippen LogP contribution in [0.25, 0.3) is 0 Å². The Morgan fingerprint density at radius 2 is 2.17 bits per heavy atom. The molecular formula is C10H21NS. The van der Waals surface area contributed by atoms with Crippen LogP contribution < -0.4 is 5.32 Å². The minimum Gasteiger partial charge on any atom is -0.310 e. The third-order valence-corrected chi connectivity index (χ3v) is 2.77. The van der Waals surface area contributed by atoms with Crippen molar-refractivity contribution in [3.63, 3.8) is 0 Å². The first-order valence-electron chi connectivity index (χ1n) is 4.68. The molecule has 0 aliphatic heterocycles. The second kappa shape index (κ2) is 7.69. The fraction of sp³-hybridized carbons (Fsp3) is 0.800. The van der Waals surface area contributed by atoms with Gasteiger partial charge in [-0.2, -0.15) is 11.8 Å². The summed E-state index contributed by atoms with van der Waals surface area (Å²) in [5.41, 5.74) is 0. The van der Waals surface area contributed by atoms with Crippen molar-refractivity contribution in [2.75, 3.05) is 12.3 Å². The van der Waals surface area contributed by atoms with E-state index < -0.39 is 0 Å². The third kappa shape index (κ3) is 6.74. The fourth-order valence-corrected chi connectivity index (χ4v) is 1.68. The highest BCUT2D eigenvalue weighted by molar-refractivity contribution is 7.99. The first-order valence-corrected chi connectivity index (χ1v) is 5.73. The zero-order chi connectivity index (χ0) is 9.40. The van der Waals surface area contributed by atoms with Crippen LogP contribution in [0.4, 0.5) is 0 Å². The van der Waals surface area contributed by atoms with Crippen molar-refractivity contribution in [1.29, 1.82) is 0 Å². The lowest BCUT2D eigenvalue weighted by Gasteiger charge is -2.14. The topological polar surface area (TPSA) is 12.0 Å². The van der Waals surface area contributed by atoms with Gasteiger partial charge in [-0.1, -0.05) is 26.8 Å². The molecule has 1 unspecified atom stereocenters. The van der Waals surface area contributed by atoms with Crippen molar-refractivity contribution in [3.8, 4) is 0 Å². The van der Waals surface area contributed by atoms with Gasteiger partial charge in [-0.3, -0.25) is 0 Å². The molecule has 0 amide bonds. The number of thioether (sulfide) groups is 1. The van der Waals surface area contributed by atoms with E-state index in [4.69, 9.17) is 0 Å². The Morgan fingerprint density at radius 1 is 1.50 bits per heavy atom. The third-order valence-electron chi connectivity index (χ3n) is 1.55. The van der Waals surface area contributed by atoms with Crippen molar-refractivity contribution < 1.29 is 0 Å². The zero-order valence-corrected chi connectivity index (χ0v) is 9.29. The van der Waals surface area contributed by atoms with Gasteiger partial charge in [0.25, 0.3) is 0 Å². The van der Waals surface area contributed by atoms with Crippen molar-refractivity contribution in [3.05, 3.63) is 12.7 Å². The van der Waals surface area contributed by atoms with E-state index in [9.17, 15) is 0 Å². The first kappa shape index (κ1) is 12.0. The summed E-state index contributed by atoms with van der Waals surface area (Å²) in [7, 11) is 0. The molecule has 0 heterocycles. The zero-order valence-electron chi connectivity index (χ0n) is 8.47. The van der Waals surface area contributed by atoms with Crippen LogP contribution in [0.2, 0.25) is 0 Å². The summed E-state index contributed by atoms with van der Waals surface area (Å²) in [5.74, 6) is 1.14. The molecular weight excluding hydrogens is 166 g/mol. The second-order valence-electron chi connectivity index (χ2n) is 3.18. The fourth-order valence-electron chi connectivity index (χ4n) is 0.836. The van der Waals surface area contributed by atoms with Gasteiger partial charge in [0.15, 0.2) is 0 Å². The van der Waals surface area contributed by atoms with Crippen LogP contribution in [0.3, 0.4) is 0 Å². The minimum atomic E-state index is 0.484. The summed E-state index contributed by atoms with van der Waals surface area (Å²) < 4.78 is 0. The van der Waals surface area contributed by atoms with E-state index in [1.807, 2.05) is 17.8 Å². The average molecular weight is 187 g/mol. The van der Waals surface area contributed by atoms with Gasteiger partial charge < -0.3 is 5.32 Å². The molecule has 0 aliphatic rings. The lowest BCUT2D eigenvalue weighted by molar-refractivity contribution is 0.630. The van der Waals surface area contributed by atoms with Crippen LogP contribution >= 0.6 is 11.8 Å². The van der Waals surface area contributed by atoms with Crippen molar-refractivity contribution >= 4 is 11.8 Å². The highest BCUT2D eigenvalue weighted by atomic mass is 32.2. The van der Waals surface area contributed by atoms with Crippen molar-refractivity contribution in [2.24, 2.45) is 0 Å². The standard InChI is InChI=1S/C10H21NS/c1-5-7-11-10(6-2)8-12-9(3)4/h6,9-11H,2,5,7-8H2,1,3-4H3. The van der Waals surface area contributed by atoms with E-state index in [2.05, 4.69) is 32.7 Å². The van der Waals surface area contributed by atoms with Gasteiger partial charge in [0.05, 0.1) is 0 Å². The molecule has 0 aromatic rings. The molecule has 1 N–H and O–H groups in total. The minimum absolute atomic E-state index is 0.484. The molecule has 0 rings (SSSR count). The Labute approximate surface area is 81.0 Å². The quantitative estimate of drug-likeness (QED) is 0.615. The van der Waals surface area contributed by atoms with E-state index in [1.54, 1.807) is 0 Å². The molecule has 0 saturated heterocycles. The molecule has 72 valence electrons. The van der Waals surface area contributed by atoms with Gasteiger partial charge in [0.1, 0.15) is 0 Å². The van der Waals surface area contributed by atoms with Crippen LogP contribution in [-0.2, 0) is 0 Å². The summed E-state index contributed by atoms with van der Waals surface area (Å²) in [6, 6.07) is 0.484. The van der Waals surface area contributed by atoms with Gasteiger partial charge in [0.2, 0.25) is 0 Å². The Bertz CT molecular complexity index is 112. The maximum Gasteiger partial charge on any atom is 0.0338 e. The van der Waals surface area contributed by atoms with E-state index >= 15 is 0 Å². The average Bonchev–Trinajstić information content (AvgIpc) is 2.05. The molecule has 0 aliphatic carbocycles. The smallest absolute Gasteiger partial charge is 0.0338 e. The Kier molecular flexibility index (Phi) is 7.72. The maximum absolute atomic E-state index is 3.82. The first-order chi connectivity index (χ1) is 5.70. The van der Waals surface area contributed by atoms with Crippen LogP contribution in [0.5, 0.6) is 0 Å². The molecule has 0 aromatic carbocycles. The van der Waals surface area contributed by atoms with E-state index in [1.165, 1.54) is 6.42 Å². The summed E-state index contributed by atoms with van der Waals surface area (Å²) in [5, 5.41) is 4.15. The molecule has 0 bridgehead atoms. The predicted octanol–water partition coefficient (Wildman–Crippen LogP) is 2.68. The lowest BCUT2D eigenvalue weighted by Crippen LogP contribution is -2.30. The maximum atomic E-state index is 3.82. The van der Waals surface area contributed by atoms with Gasteiger partial charge in [-0.15, -0.1) is 6.58 Å². The van der Waals surface area contributed by atoms with Crippen LogP contribution in [-0.4, -0.2) is 23.6 Å². The highest BCUT2D eigenvalue weighted by Gasteiger charge is 2.03. The van der Waals surface area contributed by atoms with Crippen LogP contribution in [0, 0.1) is 0 Å². The number of rotatable bonds is 7. The SMILES string of the molecule is C=CC(CSC(C)C)NCCC. The van der Waals surface area contributed by atoms with Crippen LogP contribution in [0.15, 0.2) is 12.7 Å². The Morgan fingerprint density at radius 3 is 2.58 bits per heavy atom. The molecule has 0 spiro atoms. The summed E-state index contributed by atoms with van der Waals surface area (Å²) >= 11 is 1.98. The molecule has 0 fully saturated rings. The van der Waals surface area contributed by atoms with Gasteiger partial charge in [0, 0.05) is 11.8 Å². The largest absolute Gasteiger partial charge is 0.310 e. The normalized spacial score (nSPS) is 13.3. The van der Waals surface area contributed by atoms with E-state index in [0.717, 1.165) is 17.5 Å². The number of hydrogen-bond donors (Lipinski definition) is 1. The molecule has 0 aromatic heterocycles. The van der Waals surface area contributed by atoms with Gasteiger partial charge >= 0.3 is 0 Å². The molecule has 2 heteroatoms.